The number of nitro benzene ring substituents is 1. The van der Waals surface area contributed by atoms with Crippen LogP contribution in [0.2, 0.25) is 0 Å². The molecule has 0 aliphatic heterocycles. The van der Waals surface area contributed by atoms with Crippen LogP contribution in [0.25, 0.3) is 0 Å². The summed E-state index contributed by atoms with van der Waals surface area (Å²) in [6.45, 7) is 1.70. The van der Waals surface area contributed by atoms with Gasteiger partial charge in [0, 0.05) is 39.0 Å². The highest BCUT2D eigenvalue weighted by Gasteiger charge is 2.18. The molecule has 29 heavy (non-hydrogen) atoms. The molecular weight excluding hydrogens is 394 g/mol. The zero-order valence-corrected chi connectivity index (χ0v) is 17.7. The van der Waals surface area contributed by atoms with Gasteiger partial charge in [0.05, 0.1) is 9.82 Å². The molecule has 0 atom stereocenters. The van der Waals surface area contributed by atoms with E-state index >= 15 is 0 Å². The fraction of sp³-hybridized carbons (Fsp3) is 0.526. The molecule has 0 saturated heterocycles. The summed E-state index contributed by atoms with van der Waals surface area (Å²) in [5, 5.41) is 20.6. The minimum Gasteiger partial charge on any atom is -0.378 e. The zero-order valence-electron chi connectivity index (χ0n) is 16.9. The maximum Gasteiger partial charge on any atom is 0.293 e. The Morgan fingerprint density at radius 1 is 1.21 bits per heavy atom. The zero-order chi connectivity index (χ0) is 21.3. The van der Waals surface area contributed by atoms with Crippen molar-refractivity contribution in [1.29, 1.82) is 0 Å². The Balaban J connectivity index is 1.81. The van der Waals surface area contributed by atoms with Gasteiger partial charge in [0.2, 0.25) is 0 Å². The van der Waals surface area contributed by atoms with E-state index in [1.54, 1.807) is 7.05 Å². The maximum atomic E-state index is 11.6. The molecule has 0 aromatic heterocycles. The van der Waals surface area contributed by atoms with Crippen molar-refractivity contribution >= 4 is 27.2 Å². The molecule has 0 unspecified atom stereocenters. The molecule has 0 fully saturated rings. The highest BCUT2D eigenvalue weighted by atomic mass is 32.2. The lowest BCUT2D eigenvalue weighted by molar-refractivity contribution is -0.384. The van der Waals surface area contributed by atoms with Crippen LogP contribution < -0.4 is 16.0 Å². The third kappa shape index (κ3) is 7.37. The van der Waals surface area contributed by atoms with Crippen molar-refractivity contribution < 1.29 is 13.3 Å². The summed E-state index contributed by atoms with van der Waals surface area (Å²) >= 11 is 0. The van der Waals surface area contributed by atoms with E-state index in [1.165, 1.54) is 43.4 Å². The monoisotopic (exact) mass is 423 g/mol. The van der Waals surface area contributed by atoms with E-state index < -0.39 is 14.8 Å². The van der Waals surface area contributed by atoms with Crippen LogP contribution in [0.4, 0.5) is 11.4 Å². The van der Waals surface area contributed by atoms with Crippen molar-refractivity contribution in [3.63, 3.8) is 0 Å². The van der Waals surface area contributed by atoms with Crippen LogP contribution >= 0.6 is 0 Å². The molecule has 0 heterocycles. The van der Waals surface area contributed by atoms with Crippen molar-refractivity contribution in [2.24, 2.45) is 4.99 Å². The lowest BCUT2D eigenvalue weighted by Crippen LogP contribution is -2.40. The second-order valence-electron chi connectivity index (χ2n) is 6.92. The first-order valence-corrected chi connectivity index (χ1v) is 11.5. The van der Waals surface area contributed by atoms with E-state index in [2.05, 4.69) is 27.0 Å². The molecule has 0 saturated carbocycles. The van der Waals surface area contributed by atoms with Gasteiger partial charge < -0.3 is 16.0 Å². The van der Waals surface area contributed by atoms with Crippen LogP contribution in [0.5, 0.6) is 0 Å². The largest absolute Gasteiger partial charge is 0.378 e. The molecule has 0 bridgehead atoms. The number of nitrogens with zero attached hydrogens (tertiary/aromatic N) is 2. The first-order valence-electron chi connectivity index (χ1n) is 9.66. The molecule has 0 amide bonds. The van der Waals surface area contributed by atoms with Gasteiger partial charge in [0.1, 0.15) is 5.69 Å². The number of sulfone groups is 1. The van der Waals surface area contributed by atoms with Crippen molar-refractivity contribution in [3.05, 3.63) is 40.0 Å². The van der Waals surface area contributed by atoms with Gasteiger partial charge in [0.15, 0.2) is 15.8 Å². The number of nitro groups is 1. The van der Waals surface area contributed by atoms with Crippen LogP contribution in [0.15, 0.2) is 39.7 Å². The van der Waals surface area contributed by atoms with E-state index in [0.29, 0.717) is 19.0 Å². The molecule has 3 N–H and O–H groups in total. The first kappa shape index (κ1) is 22.7. The Bertz CT molecular complexity index is 881. The Kier molecular flexibility index (Phi) is 8.44. The third-order valence-corrected chi connectivity index (χ3v) is 5.78. The Morgan fingerprint density at radius 3 is 2.59 bits per heavy atom. The summed E-state index contributed by atoms with van der Waals surface area (Å²) in [7, 11) is -1.81. The third-order valence-electron chi connectivity index (χ3n) is 4.67. The topological polar surface area (TPSA) is 126 Å². The Hall–Kier alpha value is -2.62. The summed E-state index contributed by atoms with van der Waals surface area (Å²) in [5.41, 5.74) is 1.50. The molecule has 9 nitrogen and oxygen atoms in total. The predicted octanol–water partition coefficient (Wildman–Crippen LogP) is 2.47. The number of benzene rings is 1. The number of nitrogens with one attached hydrogen (secondary N) is 3. The summed E-state index contributed by atoms with van der Waals surface area (Å²) in [4.78, 5) is 14.8. The molecule has 1 aromatic carbocycles. The van der Waals surface area contributed by atoms with Crippen LogP contribution in [-0.4, -0.2) is 52.2 Å². The van der Waals surface area contributed by atoms with E-state index in [9.17, 15) is 18.5 Å². The lowest BCUT2D eigenvalue weighted by atomic mass is 9.97. The number of guanidine groups is 1. The van der Waals surface area contributed by atoms with Gasteiger partial charge in [-0.1, -0.05) is 11.6 Å². The number of hydrogen-bond acceptors (Lipinski definition) is 6. The number of allylic oxidation sites excluding steroid dienone is 1. The van der Waals surface area contributed by atoms with E-state index in [1.807, 2.05) is 0 Å². The Morgan fingerprint density at radius 2 is 1.97 bits per heavy atom. The van der Waals surface area contributed by atoms with Gasteiger partial charge in [-0.15, -0.1) is 0 Å². The molecule has 10 heteroatoms. The average Bonchev–Trinajstić information content (AvgIpc) is 2.69. The highest BCUT2D eigenvalue weighted by molar-refractivity contribution is 7.90. The number of anilines is 1. The van der Waals surface area contributed by atoms with Crippen LogP contribution in [0.1, 0.15) is 32.1 Å². The number of hydrogen-bond donors (Lipinski definition) is 3. The lowest BCUT2D eigenvalue weighted by Gasteiger charge is -2.15. The van der Waals surface area contributed by atoms with Crippen molar-refractivity contribution in [2.45, 2.75) is 37.0 Å². The summed E-state index contributed by atoms with van der Waals surface area (Å²) in [5.74, 6) is 0.671. The SMILES string of the molecule is CN=C(NCCNc1ccc(S(C)(=O)=O)cc1[N+](=O)[O-])NCCC1=CCCCC1. The van der Waals surface area contributed by atoms with Crippen LogP contribution in [0, 0.1) is 10.1 Å². The van der Waals surface area contributed by atoms with Gasteiger partial charge in [0.25, 0.3) is 5.69 Å². The smallest absolute Gasteiger partial charge is 0.293 e. The second kappa shape index (κ2) is 10.8. The molecule has 1 aliphatic rings. The number of rotatable bonds is 9. The predicted molar refractivity (Wildman–Crippen MR) is 115 cm³/mol. The molecule has 0 radical (unpaired) electrons. The molecule has 2 rings (SSSR count). The fourth-order valence-corrected chi connectivity index (χ4v) is 3.76. The fourth-order valence-electron chi connectivity index (χ4n) is 3.11. The second-order valence-corrected chi connectivity index (χ2v) is 8.93. The molecule has 0 spiro atoms. The first-order chi connectivity index (χ1) is 13.8. The Labute approximate surface area is 171 Å². The van der Waals surface area contributed by atoms with Crippen LogP contribution in [-0.2, 0) is 9.84 Å². The summed E-state index contributed by atoms with van der Waals surface area (Å²) in [6.07, 6.45) is 9.24. The van der Waals surface area contributed by atoms with Gasteiger partial charge in [-0.3, -0.25) is 15.1 Å². The van der Waals surface area contributed by atoms with E-state index in [4.69, 9.17) is 0 Å². The highest BCUT2D eigenvalue weighted by Crippen LogP contribution is 2.27. The summed E-state index contributed by atoms with van der Waals surface area (Å²) < 4.78 is 23.2. The van der Waals surface area contributed by atoms with Gasteiger partial charge >= 0.3 is 0 Å². The van der Waals surface area contributed by atoms with Crippen molar-refractivity contribution in [3.8, 4) is 0 Å². The minimum absolute atomic E-state index is 0.0782. The molecule has 1 aromatic rings. The summed E-state index contributed by atoms with van der Waals surface area (Å²) in [6, 6.07) is 3.85. The van der Waals surface area contributed by atoms with Gasteiger partial charge in [-0.25, -0.2) is 8.42 Å². The quantitative estimate of drug-likeness (QED) is 0.139. The maximum absolute atomic E-state index is 11.6. The van der Waals surface area contributed by atoms with Gasteiger partial charge in [-0.2, -0.15) is 0 Å². The van der Waals surface area contributed by atoms with Crippen molar-refractivity contribution in [1.82, 2.24) is 10.6 Å². The van der Waals surface area contributed by atoms with E-state index in [-0.39, 0.29) is 16.3 Å². The molecular formula is C19H29N5O4S. The van der Waals surface area contributed by atoms with Gasteiger partial charge in [-0.05, 0) is 44.2 Å². The minimum atomic E-state index is -3.51. The normalized spacial score (nSPS) is 14.8. The standard InChI is InChI=1S/C19H29N5O4S/c1-20-19(22-11-10-15-6-4-3-5-7-15)23-13-12-21-17-9-8-16(29(2,27)28)14-18(17)24(25)26/h6,8-9,14,21H,3-5,7,10-13H2,1-2H3,(H2,20,22,23). The number of aliphatic imine (C=N–C) groups is 1. The van der Waals surface area contributed by atoms with Crippen LogP contribution in [0.3, 0.4) is 0 Å². The molecule has 160 valence electrons. The van der Waals surface area contributed by atoms with Crippen molar-refractivity contribution in [2.75, 3.05) is 38.3 Å². The van der Waals surface area contributed by atoms with E-state index in [0.717, 1.165) is 25.3 Å². The molecule has 1 aliphatic carbocycles. The average molecular weight is 424 g/mol.